The third-order valence-corrected chi connectivity index (χ3v) is 5.00. The molecular weight excluding hydrogens is 340 g/mol. The molecule has 3 rings (SSSR count). The number of ether oxygens (including phenoxy) is 1. The fourth-order valence-corrected chi connectivity index (χ4v) is 3.59. The molecule has 1 saturated heterocycles. The van der Waals surface area contributed by atoms with Gasteiger partial charge >= 0.3 is 0 Å². The zero-order chi connectivity index (χ0) is 19.4. The molecule has 144 valence electrons. The third kappa shape index (κ3) is 4.46. The number of carbonyl (C=O) groups is 1. The highest BCUT2D eigenvalue weighted by atomic mass is 16.5. The van der Waals surface area contributed by atoms with Crippen molar-refractivity contribution in [3.8, 4) is 5.69 Å². The van der Waals surface area contributed by atoms with Gasteiger partial charge in [0.25, 0.3) is 5.91 Å². The summed E-state index contributed by atoms with van der Waals surface area (Å²) in [6, 6.07) is 8.43. The largest absolute Gasteiger partial charge is 0.379 e. The molecule has 0 saturated carbocycles. The minimum absolute atomic E-state index is 0.100. The van der Waals surface area contributed by atoms with Crippen LogP contribution in [0.3, 0.4) is 0 Å². The van der Waals surface area contributed by atoms with E-state index < -0.39 is 0 Å². The molecule has 1 fully saturated rings. The second kappa shape index (κ2) is 8.50. The first kappa shape index (κ1) is 19.3. The van der Waals surface area contributed by atoms with E-state index >= 15 is 0 Å². The van der Waals surface area contributed by atoms with Crippen LogP contribution in [-0.4, -0.2) is 54.4 Å². The van der Waals surface area contributed by atoms with Gasteiger partial charge in [-0.25, -0.2) is 5.43 Å². The van der Waals surface area contributed by atoms with Crippen LogP contribution in [0.5, 0.6) is 0 Å². The van der Waals surface area contributed by atoms with Crippen molar-refractivity contribution in [1.29, 1.82) is 0 Å². The summed E-state index contributed by atoms with van der Waals surface area (Å²) in [5, 5.41) is 4.17. The lowest BCUT2D eigenvalue weighted by Crippen LogP contribution is -2.42. The van der Waals surface area contributed by atoms with Gasteiger partial charge in [0.15, 0.2) is 0 Å². The Morgan fingerprint density at radius 3 is 2.52 bits per heavy atom. The Morgan fingerprint density at radius 2 is 1.85 bits per heavy atom. The van der Waals surface area contributed by atoms with Gasteiger partial charge in [-0.3, -0.25) is 9.69 Å². The van der Waals surface area contributed by atoms with Gasteiger partial charge in [-0.15, -0.1) is 0 Å². The molecule has 27 heavy (non-hydrogen) atoms. The monoisotopic (exact) mass is 368 g/mol. The van der Waals surface area contributed by atoms with Crippen molar-refractivity contribution in [2.24, 2.45) is 5.10 Å². The highest BCUT2D eigenvalue weighted by Gasteiger charge is 2.15. The zero-order valence-corrected chi connectivity index (χ0v) is 16.6. The van der Waals surface area contributed by atoms with Gasteiger partial charge in [-0.2, -0.15) is 5.10 Å². The normalized spacial score (nSPS) is 15.4. The molecule has 1 aliphatic rings. The number of nitrogens with zero attached hydrogens (tertiary/aromatic N) is 3. The van der Waals surface area contributed by atoms with Crippen LogP contribution in [0.2, 0.25) is 0 Å². The average molecular weight is 368 g/mol. The molecule has 1 amide bonds. The SMILES string of the molecule is Cc1cccc(C)c1-n1c(C)cc(C=NNC(=O)CN2CCOCC2)c1C. The number of nitrogens with one attached hydrogen (secondary N) is 1. The molecule has 1 aromatic carbocycles. The number of para-hydroxylation sites is 1. The van der Waals surface area contributed by atoms with Gasteiger partial charge in [0.2, 0.25) is 0 Å². The Bertz CT molecular complexity index is 828. The summed E-state index contributed by atoms with van der Waals surface area (Å²) in [5.74, 6) is -0.100. The molecule has 2 heterocycles. The van der Waals surface area contributed by atoms with E-state index in [1.165, 1.54) is 16.8 Å². The quantitative estimate of drug-likeness (QED) is 0.652. The van der Waals surface area contributed by atoms with Crippen LogP contribution >= 0.6 is 0 Å². The van der Waals surface area contributed by atoms with Crippen LogP contribution in [0.1, 0.15) is 28.1 Å². The van der Waals surface area contributed by atoms with E-state index in [2.05, 4.69) is 72.0 Å². The fraction of sp³-hybridized carbons (Fsp3) is 0.429. The van der Waals surface area contributed by atoms with E-state index in [-0.39, 0.29) is 5.91 Å². The number of hydrogen-bond acceptors (Lipinski definition) is 4. The van der Waals surface area contributed by atoms with Gasteiger partial charge in [-0.05, 0) is 44.9 Å². The molecule has 6 heteroatoms. The Hall–Kier alpha value is -2.44. The highest BCUT2D eigenvalue weighted by molar-refractivity contribution is 5.84. The zero-order valence-electron chi connectivity index (χ0n) is 16.6. The lowest BCUT2D eigenvalue weighted by molar-refractivity contribution is -0.123. The molecule has 0 aliphatic carbocycles. The van der Waals surface area contributed by atoms with E-state index in [0.29, 0.717) is 19.8 Å². The van der Waals surface area contributed by atoms with Crippen LogP contribution in [0, 0.1) is 27.7 Å². The maximum Gasteiger partial charge on any atom is 0.254 e. The van der Waals surface area contributed by atoms with Crippen molar-refractivity contribution in [2.75, 3.05) is 32.8 Å². The molecule has 0 spiro atoms. The molecule has 1 N–H and O–H groups in total. The van der Waals surface area contributed by atoms with E-state index in [9.17, 15) is 4.79 Å². The van der Waals surface area contributed by atoms with E-state index in [0.717, 1.165) is 30.0 Å². The van der Waals surface area contributed by atoms with Crippen molar-refractivity contribution < 1.29 is 9.53 Å². The summed E-state index contributed by atoms with van der Waals surface area (Å²) < 4.78 is 7.55. The number of aryl methyl sites for hydroxylation is 3. The second-order valence-electron chi connectivity index (χ2n) is 7.08. The number of hydrogen-bond donors (Lipinski definition) is 1. The lowest BCUT2D eigenvalue weighted by atomic mass is 10.1. The number of rotatable bonds is 5. The summed E-state index contributed by atoms with van der Waals surface area (Å²) >= 11 is 0. The molecule has 1 aromatic heterocycles. The molecule has 0 radical (unpaired) electrons. The third-order valence-electron chi connectivity index (χ3n) is 5.00. The van der Waals surface area contributed by atoms with Gasteiger partial charge in [-0.1, -0.05) is 18.2 Å². The number of hydrazone groups is 1. The first-order valence-corrected chi connectivity index (χ1v) is 9.35. The maximum atomic E-state index is 12.1. The van der Waals surface area contributed by atoms with Crippen molar-refractivity contribution in [3.63, 3.8) is 0 Å². The van der Waals surface area contributed by atoms with E-state index in [1.54, 1.807) is 6.21 Å². The van der Waals surface area contributed by atoms with Crippen molar-refractivity contribution in [1.82, 2.24) is 14.9 Å². The predicted octanol–water partition coefficient (Wildman–Crippen LogP) is 2.49. The maximum absolute atomic E-state index is 12.1. The molecule has 0 unspecified atom stereocenters. The summed E-state index contributed by atoms with van der Waals surface area (Å²) in [5.41, 5.74) is 9.57. The van der Waals surface area contributed by atoms with Crippen LogP contribution < -0.4 is 5.43 Å². The topological polar surface area (TPSA) is 58.9 Å². The van der Waals surface area contributed by atoms with Crippen LogP contribution in [0.15, 0.2) is 29.4 Å². The van der Waals surface area contributed by atoms with E-state index in [1.807, 2.05) is 0 Å². The fourth-order valence-electron chi connectivity index (χ4n) is 3.59. The smallest absolute Gasteiger partial charge is 0.254 e. The minimum Gasteiger partial charge on any atom is -0.379 e. The van der Waals surface area contributed by atoms with E-state index in [4.69, 9.17) is 4.74 Å². The molecule has 0 atom stereocenters. The number of carbonyl (C=O) groups excluding carboxylic acids is 1. The van der Waals surface area contributed by atoms with Gasteiger partial charge < -0.3 is 9.30 Å². The van der Waals surface area contributed by atoms with Crippen molar-refractivity contribution in [3.05, 3.63) is 52.3 Å². The van der Waals surface area contributed by atoms with Crippen LogP contribution in [0.25, 0.3) is 5.69 Å². The van der Waals surface area contributed by atoms with Crippen LogP contribution in [-0.2, 0) is 9.53 Å². The average Bonchev–Trinajstić information content (AvgIpc) is 2.90. The van der Waals surface area contributed by atoms with Gasteiger partial charge in [0.1, 0.15) is 0 Å². The Labute approximate surface area is 160 Å². The van der Waals surface area contributed by atoms with Crippen molar-refractivity contribution in [2.45, 2.75) is 27.7 Å². The second-order valence-corrected chi connectivity index (χ2v) is 7.08. The summed E-state index contributed by atoms with van der Waals surface area (Å²) in [6.45, 7) is 11.7. The molecule has 1 aliphatic heterocycles. The first-order valence-electron chi connectivity index (χ1n) is 9.35. The Balaban J connectivity index is 1.71. The van der Waals surface area contributed by atoms with Crippen molar-refractivity contribution >= 4 is 12.1 Å². The standard InChI is InChI=1S/C21H28N4O2/c1-15-6-5-7-16(2)21(15)25-17(3)12-19(18(25)4)13-22-23-20(26)14-24-8-10-27-11-9-24/h5-7,12-13H,8-11,14H2,1-4H3,(H,23,26). The minimum atomic E-state index is -0.100. The lowest BCUT2D eigenvalue weighted by Gasteiger charge is -2.25. The summed E-state index contributed by atoms with van der Waals surface area (Å²) in [7, 11) is 0. The first-order chi connectivity index (χ1) is 13.0. The summed E-state index contributed by atoms with van der Waals surface area (Å²) in [4.78, 5) is 14.1. The molecule has 2 aromatic rings. The van der Waals surface area contributed by atoms with Crippen LogP contribution in [0.4, 0.5) is 0 Å². The highest BCUT2D eigenvalue weighted by Crippen LogP contribution is 2.25. The Morgan fingerprint density at radius 1 is 1.19 bits per heavy atom. The molecule has 6 nitrogen and oxygen atoms in total. The van der Waals surface area contributed by atoms with Gasteiger partial charge in [0.05, 0.1) is 31.7 Å². The summed E-state index contributed by atoms with van der Waals surface area (Å²) in [6.07, 6.45) is 1.73. The Kier molecular flexibility index (Phi) is 6.08. The number of aromatic nitrogens is 1. The predicted molar refractivity (Wildman–Crippen MR) is 108 cm³/mol. The molecule has 0 bridgehead atoms. The number of amides is 1. The van der Waals surface area contributed by atoms with Gasteiger partial charge in [0, 0.05) is 30.0 Å². The number of morpholine rings is 1. The molecular formula is C21H28N4O2. The number of benzene rings is 1.